The molecule has 13 heteroatoms. The van der Waals surface area contributed by atoms with Crippen LogP contribution in [0.5, 0.6) is 11.5 Å². The second kappa shape index (κ2) is 17.8. The lowest BCUT2D eigenvalue weighted by Crippen LogP contribution is -2.58. The number of rotatable bonds is 14. The highest BCUT2D eigenvalue weighted by Gasteiger charge is 2.42. The Morgan fingerprint density at radius 2 is 1.64 bits per heavy atom. The number of fused-ring (bicyclic) bond motifs is 1. The highest BCUT2D eigenvalue weighted by atomic mass is 16.5. The molecule has 3 amide bonds. The first-order valence-corrected chi connectivity index (χ1v) is 18.9. The van der Waals surface area contributed by atoms with Gasteiger partial charge in [0.25, 0.3) is 0 Å². The van der Waals surface area contributed by atoms with E-state index in [4.69, 9.17) is 19.2 Å². The quantitative estimate of drug-likeness (QED) is 0.157. The Labute approximate surface area is 321 Å². The molecule has 5 atom stereocenters. The van der Waals surface area contributed by atoms with Crippen molar-refractivity contribution in [3.63, 3.8) is 0 Å². The lowest BCUT2D eigenvalue weighted by molar-refractivity contribution is -0.148. The molecule has 5 rings (SSSR count). The number of aliphatic carboxylic acids is 1. The fourth-order valence-corrected chi connectivity index (χ4v) is 7.33. The molecule has 0 unspecified atom stereocenters. The van der Waals surface area contributed by atoms with Crippen LogP contribution in [0, 0.1) is 17.3 Å². The molecule has 0 spiro atoms. The van der Waals surface area contributed by atoms with Gasteiger partial charge in [0.2, 0.25) is 17.7 Å². The van der Waals surface area contributed by atoms with Crippen LogP contribution in [0.1, 0.15) is 72.6 Å². The van der Waals surface area contributed by atoms with Crippen molar-refractivity contribution in [2.45, 2.75) is 96.9 Å². The number of ether oxygens (including phenoxy) is 3. The summed E-state index contributed by atoms with van der Waals surface area (Å²) in [6.07, 6.45) is 5.36. The van der Waals surface area contributed by atoms with Crippen molar-refractivity contribution in [1.29, 1.82) is 0 Å². The molecule has 0 saturated heterocycles. The van der Waals surface area contributed by atoms with Crippen molar-refractivity contribution in [3.05, 3.63) is 66.2 Å². The van der Waals surface area contributed by atoms with Gasteiger partial charge in [-0.1, -0.05) is 77.3 Å². The molecule has 294 valence electrons. The third kappa shape index (κ3) is 9.81. The molecular weight excluding hydrogens is 704 g/mol. The smallest absolute Gasteiger partial charge is 0.328 e. The number of carbonyl (C=O) groups excluding carboxylic acids is 4. The summed E-state index contributed by atoms with van der Waals surface area (Å²) in [5.74, 6) is -3.80. The Kier molecular flexibility index (Phi) is 13.2. The summed E-state index contributed by atoms with van der Waals surface area (Å²) in [6.45, 7) is 7.00. The van der Waals surface area contributed by atoms with Crippen molar-refractivity contribution < 1.29 is 43.3 Å². The third-order valence-corrected chi connectivity index (χ3v) is 10.4. The monoisotopic (exact) mass is 756 g/mol. The van der Waals surface area contributed by atoms with E-state index in [1.165, 1.54) is 7.11 Å². The third-order valence-electron chi connectivity index (χ3n) is 10.4. The molecule has 1 aromatic heterocycles. The van der Waals surface area contributed by atoms with Crippen molar-refractivity contribution >= 4 is 40.6 Å². The molecule has 3 aromatic rings. The number of benzene rings is 2. The van der Waals surface area contributed by atoms with Crippen molar-refractivity contribution in [1.82, 2.24) is 20.9 Å². The van der Waals surface area contributed by atoms with Crippen LogP contribution < -0.4 is 25.4 Å². The zero-order valence-electron chi connectivity index (χ0n) is 32.3. The Morgan fingerprint density at radius 3 is 2.25 bits per heavy atom. The number of hydrogen-bond acceptors (Lipinski definition) is 9. The van der Waals surface area contributed by atoms with E-state index >= 15 is 0 Å². The molecule has 0 radical (unpaired) electrons. The van der Waals surface area contributed by atoms with Gasteiger partial charge >= 0.3 is 11.9 Å². The minimum absolute atomic E-state index is 0.0176. The predicted octanol–water partition coefficient (Wildman–Crippen LogP) is 5.35. The SMILES string of the molecule is CC[C@H](NC(=O)[C@H]1C[C@H](Oc2cc(-c3ccccc3)nc3cc(OC)ccc23)C=C1C(=O)N[C@H](C(=O)N[C@H](C(=O)OC)C1CCCCC1)C(C)(C)C)C(=O)O. The minimum Gasteiger partial charge on any atom is -0.497 e. The number of hydrogen-bond donors (Lipinski definition) is 4. The van der Waals surface area contributed by atoms with Gasteiger partial charge in [-0.05, 0) is 48.8 Å². The molecule has 0 bridgehead atoms. The van der Waals surface area contributed by atoms with Crippen LogP contribution in [0.15, 0.2) is 66.2 Å². The maximum Gasteiger partial charge on any atom is 0.328 e. The van der Waals surface area contributed by atoms with E-state index in [-0.39, 0.29) is 24.3 Å². The Hall–Kier alpha value is -5.46. The maximum atomic E-state index is 14.3. The molecule has 2 aliphatic rings. The summed E-state index contributed by atoms with van der Waals surface area (Å²) < 4.78 is 17.1. The molecule has 2 aliphatic carbocycles. The Bertz CT molecular complexity index is 1920. The highest BCUT2D eigenvalue weighted by Crippen LogP contribution is 2.37. The molecular formula is C42H52N4O9. The van der Waals surface area contributed by atoms with E-state index in [1.54, 1.807) is 59.1 Å². The van der Waals surface area contributed by atoms with Crippen LogP contribution in [0.25, 0.3) is 22.2 Å². The number of aromatic nitrogens is 1. The van der Waals surface area contributed by atoms with Gasteiger partial charge in [-0.15, -0.1) is 0 Å². The van der Waals surface area contributed by atoms with E-state index in [0.717, 1.165) is 37.7 Å². The standard InChI is InChI=1S/C42H52N4O9/c1-7-31(40(50)51)44-37(47)29-20-27(55-34-23-32(24-14-10-8-11-15-24)43-33-22-26(53-5)18-19-28(33)34)21-30(29)38(48)46-36(42(2,3)4)39(49)45-35(41(52)54-6)25-16-12-9-13-17-25/h8,10-11,14-15,18-19,21-23,25,27,29,31,35-36H,7,9,12-13,16-17,20H2,1-6H3,(H,44,47)(H,45,49)(H,46,48)(H,50,51)/t27-,29-,31-,35-,36+/m0/s1. The summed E-state index contributed by atoms with van der Waals surface area (Å²) in [5.41, 5.74) is 1.30. The van der Waals surface area contributed by atoms with Gasteiger partial charge in [-0.3, -0.25) is 14.4 Å². The number of esters is 1. The fraction of sp³-hybridized carbons (Fsp3) is 0.476. The zero-order chi connectivity index (χ0) is 39.9. The lowest BCUT2D eigenvalue weighted by atomic mass is 9.82. The average molecular weight is 757 g/mol. The largest absolute Gasteiger partial charge is 0.497 e. The molecule has 4 N–H and O–H groups in total. The minimum atomic E-state index is -1.20. The summed E-state index contributed by atoms with van der Waals surface area (Å²) in [4.78, 5) is 71.7. The molecule has 0 aliphatic heterocycles. The lowest BCUT2D eigenvalue weighted by Gasteiger charge is -2.34. The van der Waals surface area contributed by atoms with Gasteiger partial charge in [0.05, 0.1) is 31.3 Å². The highest BCUT2D eigenvalue weighted by molar-refractivity contribution is 6.04. The summed E-state index contributed by atoms with van der Waals surface area (Å²) >= 11 is 0. The molecule has 1 saturated carbocycles. The number of methoxy groups -OCH3 is 2. The van der Waals surface area contributed by atoms with Crippen LogP contribution in [0.4, 0.5) is 0 Å². The maximum absolute atomic E-state index is 14.3. The number of carboxylic acid groups (broad SMARTS) is 1. The van der Waals surface area contributed by atoms with E-state index in [0.29, 0.717) is 28.1 Å². The van der Waals surface area contributed by atoms with Gasteiger partial charge in [0, 0.05) is 35.1 Å². The zero-order valence-corrected chi connectivity index (χ0v) is 32.3. The first-order valence-electron chi connectivity index (χ1n) is 18.9. The first kappa shape index (κ1) is 40.7. The van der Waals surface area contributed by atoms with Crippen molar-refractivity contribution in [2.75, 3.05) is 14.2 Å². The van der Waals surface area contributed by atoms with Crippen LogP contribution in [-0.2, 0) is 28.7 Å². The molecule has 1 heterocycles. The molecule has 13 nitrogen and oxygen atoms in total. The predicted molar refractivity (Wildman–Crippen MR) is 206 cm³/mol. The van der Waals surface area contributed by atoms with Gasteiger partial charge in [-0.25, -0.2) is 14.6 Å². The summed E-state index contributed by atoms with van der Waals surface area (Å²) in [7, 11) is 2.85. The van der Waals surface area contributed by atoms with Gasteiger partial charge in [0.15, 0.2) is 0 Å². The van der Waals surface area contributed by atoms with Gasteiger partial charge in [-0.2, -0.15) is 0 Å². The number of nitrogens with one attached hydrogen (secondary N) is 3. The molecule has 2 aromatic carbocycles. The number of pyridine rings is 1. The molecule has 55 heavy (non-hydrogen) atoms. The van der Waals surface area contributed by atoms with Crippen LogP contribution in [0.3, 0.4) is 0 Å². The van der Waals surface area contributed by atoms with Crippen LogP contribution >= 0.6 is 0 Å². The van der Waals surface area contributed by atoms with E-state index < -0.39 is 65.2 Å². The van der Waals surface area contributed by atoms with Crippen LogP contribution in [-0.4, -0.2) is 78.2 Å². The van der Waals surface area contributed by atoms with E-state index in [9.17, 15) is 29.1 Å². The van der Waals surface area contributed by atoms with Crippen LogP contribution in [0.2, 0.25) is 0 Å². The summed E-state index contributed by atoms with van der Waals surface area (Å²) in [6, 6.07) is 13.6. The second-order valence-corrected chi connectivity index (χ2v) is 15.3. The Morgan fingerprint density at radius 1 is 0.927 bits per heavy atom. The van der Waals surface area contributed by atoms with Crippen molar-refractivity contribution in [3.8, 4) is 22.8 Å². The van der Waals surface area contributed by atoms with Gasteiger partial charge in [0.1, 0.15) is 35.7 Å². The van der Waals surface area contributed by atoms with E-state index in [1.807, 2.05) is 36.4 Å². The normalized spacial score (nSPS) is 19.0. The number of carboxylic acids is 1. The second-order valence-electron chi connectivity index (χ2n) is 15.3. The molecule has 1 fully saturated rings. The first-order chi connectivity index (χ1) is 26.2. The number of carbonyl (C=O) groups is 5. The average Bonchev–Trinajstić information content (AvgIpc) is 3.61. The van der Waals surface area contributed by atoms with E-state index in [2.05, 4.69) is 16.0 Å². The number of amides is 3. The van der Waals surface area contributed by atoms with Crippen molar-refractivity contribution in [2.24, 2.45) is 17.3 Å². The topological polar surface area (TPSA) is 182 Å². The summed E-state index contributed by atoms with van der Waals surface area (Å²) in [5, 5.41) is 18.7. The Balaban J connectivity index is 1.48. The van der Waals surface area contributed by atoms with Gasteiger partial charge < -0.3 is 35.3 Å². The number of nitrogens with zero attached hydrogens (tertiary/aromatic N) is 1. The fourth-order valence-electron chi connectivity index (χ4n) is 7.33.